The molecule has 1 aliphatic carbocycles. The van der Waals surface area contributed by atoms with Crippen molar-refractivity contribution >= 4 is 8.32 Å². The van der Waals surface area contributed by atoms with Crippen LogP contribution in [0.15, 0.2) is 12.3 Å². The summed E-state index contributed by atoms with van der Waals surface area (Å²) < 4.78 is 6.52. The molecule has 1 aromatic heterocycles. The maximum atomic E-state index is 6.52. The molecule has 0 saturated carbocycles. The summed E-state index contributed by atoms with van der Waals surface area (Å²) in [5.74, 6) is 0. The smallest absolute Gasteiger partial charge is 0.192 e. The minimum Gasteiger partial charge on any atom is -0.408 e. The summed E-state index contributed by atoms with van der Waals surface area (Å²) in [6.45, 7) is 12.0. The highest BCUT2D eigenvalue weighted by Crippen LogP contribution is 2.43. The Hall–Kier alpha value is -0.713. The number of aromatic nitrogens is 1. The summed E-state index contributed by atoms with van der Waals surface area (Å²) in [7, 11) is -1.74. The predicted octanol–water partition coefficient (Wildman–Crippen LogP) is 3.55. The first kappa shape index (κ1) is 14.7. The maximum Gasteiger partial charge on any atom is 0.192 e. The third-order valence-electron chi connectivity index (χ3n) is 4.61. The molecular formula is C15H26N2OSi. The first-order valence-electron chi connectivity index (χ1n) is 7.11. The van der Waals surface area contributed by atoms with Gasteiger partial charge in [0.1, 0.15) is 0 Å². The first-order valence-corrected chi connectivity index (χ1v) is 10.0. The van der Waals surface area contributed by atoms with Gasteiger partial charge in [-0.25, -0.2) is 0 Å². The van der Waals surface area contributed by atoms with Crippen molar-refractivity contribution in [1.82, 2.24) is 4.98 Å². The lowest BCUT2D eigenvalue weighted by molar-refractivity contribution is 0.181. The van der Waals surface area contributed by atoms with Crippen LogP contribution >= 0.6 is 0 Å². The lowest BCUT2D eigenvalue weighted by Crippen LogP contribution is -2.41. The van der Waals surface area contributed by atoms with Gasteiger partial charge in [0.05, 0.1) is 11.8 Å². The molecule has 4 heteroatoms. The van der Waals surface area contributed by atoms with Crippen LogP contribution in [0.25, 0.3) is 0 Å². The topological polar surface area (TPSA) is 48.1 Å². The summed E-state index contributed by atoms with van der Waals surface area (Å²) in [5.41, 5.74) is 9.49. The molecule has 0 radical (unpaired) electrons. The number of hydrogen-bond donors (Lipinski definition) is 1. The fourth-order valence-corrected chi connectivity index (χ4v) is 3.66. The molecule has 3 nitrogen and oxygen atoms in total. The summed E-state index contributed by atoms with van der Waals surface area (Å²) >= 11 is 0. The van der Waals surface area contributed by atoms with Gasteiger partial charge in [0.2, 0.25) is 0 Å². The standard InChI is InChI=1S/C15H26N2OSi/c1-15(2,3)19(4,5)18-13-7-6-12-11(10-16)8-9-17-14(12)13/h8-9,13H,6-7,10,16H2,1-5H3. The van der Waals surface area contributed by atoms with Crippen LogP contribution in [-0.2, 0) is 17.4 Å². The minimum atomic E-state index is -1.74. The summed E-state index contributed by atoms with van der Waals surface area (Å²) in [4.78, 5) is 4.56. The third-order valence-corrected chi connectivity index (χ3v) is 9.10. The second-order valence-electron chi connectivity index (χ2n) is 6.94. The van der Waals surface area contributed by atoms with E-state index in [-0.39, 0.29) is 11.1 Å². The van der Waals surface area contributed by atoms with Crippen LogP contribution in [0.1, 0.15) is 50.1 Å². The lowest BCUT2D eigenvalue weighted by Gasteiger charge is -2.38. The molecule has 1 unspecified atom stereocenters. The highest BCUT2D eigenvalue weighted by Gasteiger charge is 2.41. The number of rotatable bonds is 3. The highest BCUT2D eigenvalue weighted by atomic mass is 28.4. The molecule has 0 bridgehead atoms. The zero-order valence-electron chi connectivity index (χ0n) is 12.8. The van der Waals surface area contributed by atoms with E-state index < -0.39 is 8.32 Å². The Bertz CT molecular complexity index is 466. The predicted molar refractivity (Wildman–Crippen MR) is 81.5 cm³/mol. The Morgan fingerprint density at radius 3 is 2.68 bits per heavy atom. The van der Waals surface area contributed by atoms with Gasteiger partial charge in [-0.3, -0.25) is 4.98 Å². The van der Waals surface area contributed by atoms with Crippen molar-refractivity contribution in [3.05, 3.63) is 29.1 Å². The van der Waals surface area contributed by atoms with E-state index in [1.54, 1.807) is 0 Å². The van der Waals surface area contributed by atoms with Gasteiger partial charge in [-0.05, 0) is 48.2 Å². The minimum absolute atomic E-state index is 0.169. The second kappa shape index (κ2) is 5.00. The quantitative estimate of drug-likeness (QED) is 0.860. The molecular weight excluding hydrogens is 252 g/mol. The normalized spacial score (nSPS) is 19.6. The molecule has 1 atom stereocenters. The van der Waals surface area contributed by atoms with Gasteiger partial charge in [0, 0.05) is 12.7 Å². The van der Waals surface area contributed by atoms with Gasteiger partial charge in [-0.2, -0.15) is 0 Å². The molecule has 0 saturated heterocycles. The van der Waals surface area contributed by atoms with E-state index in [0.29, 0.717) is 6.54 Å². The van der Waals surface area contributed by atoms with Crippen LogP contribution in [0.3, 0.4) is 0 Å². The van der Waals surface area contributed by atoms with Crippen molar-refractivity contribution in [3.63, 3.8) is 0 Å². The molecule has 1 aromatic rings. The molecule has 0 aliphatic heterocycles. The van der Waals surface area contributed by atoms with Crippen molar-refractivity contribution < 1.29 is 4.43 Å². The number of nitrogens with two attached hydrogens (primary N) is 1. The van der Waals surface area contributed by atoms with Gasteiger partial charge >= 0.3 is 0 Å². The SMILES string of the molecule is CC(C)(C)[Si](C)(C)OC1CCc2c(CN)ccnc21. The maximum absolute atomic E-state index is 6.52. The number of pyridine rings is 1. The van der Waals surface area contributed by atoms with E-state index in [2.05, 4.69) is 38.8 Å². The summed E-state index contributed by atoms with van der Waals surface area (Å²) in [6, 6.07) is 2.04. The van der Waals surface area contributed by atoms with E-state index in [0.717, 1.165) is 18.5 Å². The Balaban J connectivity index is 2.24. The average molecular weight is 278 g/mol. The Kier molecular flexibility index (Phi) is 3.87. The van der Waals surface area contributed by atoms with E-state index in [1.807, 2.05) is 12.3 Å². The van der Waals surface area contributed by atoms with Crippen molar-refractivity contribution in [2.75, 3.05) is 0 Å². The molecule has 0 amide bonds. The Morgan fingerprint density at radius 1 is 1.42 bits per heavy atom. The molecule has 19 heavy (non-hydrogen) atoms. The molecule has 2 N–H and O–H groups in total. The largest absolute Gasteiger partial charge is 0.408 e. The molecule has 1 aliphatic rings. The number of nitrogens with zero attached hydrogens (tertiary/aromatic N) is 1. The lowest BCUT2D eigenvalue weighted by atomic mass is 10.1. The van der Waals surface area contributed by atoms with Crippen LogP contribution in [0.4, 0.5) is 0 Å². The van der Waals surface area contributed by atoms with E-state index >= 15 is 0 Å². The van der Waals surface area contributed by atoms with Crippen LogP contribution in [-0.4, -0.2) is 13.3 Å². The highest BCUT2D eigenvalue weighted by molar-refractivity contribution is 6.74. The monoisotopic (exact) mass is 278 g/mol. The fourth-order valence-electron chi connectivity index (χ4n) is 2.37. The van der Waals surface area contributed by atoms with E-state index in [4.69, 9.17) is 10.2 Å². The Labute approximate surface area is 117 Å². The number of fused-ring (bicyclic) bond motifs is 1. The van der Waals surface area contributed by atoms with Crippen LogP contribution in [0.2, 0.25) is 18.1 Å². The second-order valence-corrected chi connectivity index (χ2v) is 11.7. The van der Waals surface area contributed by atoms with Crippen molar-refractivity contribution in [2.45, 2.75) is 64.4 Å². The Morgan fingerprint density at radius 2 is 2.11 bits per heavy atom. The van der Waals surface area contributed by atoms with Crippen molar-refractivity contribution in [3.8, 4) is 0 Å². The molecule has 106 valence electrons. The van der Waals surface area contributed by atoms with Gasteiger partial charge in [-0.1, -0.05) is 20.8 Å². The van der Waals surface area contributed by atoms with Gasteiger partial charge in [0.15, 0.2) is 8.32 Å². The third kappa shape index (κ3) is 2.76. The van der Waals surface area contributed by atoms with Gasteiger partial charge in [-0.15, -0.1) is 0 Å². The zero-order chi connectivity index (χ0) is 14.3. The van der Waals surface area contributed by atoms with E-state index in [1.165, 1.54) is 11.1 Å². The zero-order valence-corrected chi connectivity index (χ0v) is 13.8. The first-order chi connectivity index (χ1) is 8.76. The van der Waals surface area contributed by atoms with Crippen molar-refractivity contribution in [1.29, 1.82) is 0 Å². The number of hydrogen-bond acceptors (Lipinski definition) is 3. The molecule has 1 heterocycles. The van der Waals surface area contributed by atoms with Gasteiger partial charge in [0.25, 0.3) is 0 Å². The molecule has 0 fully saturated rings. The molecule has 2 rings (SSSR count). The fraction of sp³-hybridized carbons (Fsp3) is 0.667. The average Bonchev–Trinajstić information content (AvgIpc) is 2.70. The molecule has 0 spiro atoms. The summed E-state index contributed by atoms with van der Waals surface area (Å²) in [5, 5.41) is 0.237. The van der Waals surface area contributed by atoms with Gasteiger partial charge < -0.3 is 10.2 Å². The van der Waals surface area contributed by atoms with Crippen LogP contribution < -0.4 is 5.73 Å². The van der Waals surface area contributed by atoms with Crippen LogP contribution in [0, 0.1) is 0 Å². The molecule has 0 aromatic carbocycles. The van der Waals surface area contributed by atoms with Crippen LogP contribution in [0.5, 0.6) is 0 Å². The van der Waals surface area contributed by atoms with E-state index in [9.17, 15) is 0 Å². The summed E-state index contributed by atoms with van der Waals surface area (Å²) in [6.07, 6.45) is 4.14. The van der Waals surface area contributed by atoms with Crippen molar-refractivity contribution in [2.24, 2.45) is 5.73 Å².